The first kappa shape index (κ1) is 23.4. The van der Waals surface area contributed by atoms with Crippen molar-refractivity contribution in [2.24, 2.45) is 0 Å². The van der Waals surface area contributed by atoms with Gasteiger partial charge in [0.1, 0.15) is 5.78 Å². The number of nitrogens with zero attached hydrogens (tertiary/aromatic N) is 1. The van der Waals surface area contributed by atoms with E-state index in [1.54, 1.807) is 6.92 Å². The van der Waals surface area contributed by atoms with Gasteiger partial charge in [-0.1, -0.05) is 93.9 Å². The number of para-hydroxylation sites is 1. The van der Waals surface area contributed by atoms with Crippen molar-refractivity contribution in [3.05, 3.63) is 90.0 Å². The first-order chi connectivity index (χ1) is 15.6. The summed E-state index contributed by atoms with van der Waals surface area (Å²) in [4.78, 5) is 16.6. The molecule has 0 N–H and O–H groups in total. The Bertz CT molecular complexity index is 1160. The first-order valence-electron chi connectivity index (χ1n) is 11.7. The normalized spacial score (nSPS) is 10.5. The van der Waals surface area contributed by atoms with Crippen molar-refractivity contribution >= 4 is 16.7 Å². The van der Waals surface area contributed by atoms with Crippen LogP contribution in [0.1, 0.15) is 51.7 Å². The largest absolute Gasteiger partial charge is 0.300 e. The van der Waals surface area contributed by atoms with Crippen molar-refractivity contribution < 1.29 is 4.79 Å². The lowest BCUT2D eigenvalue weighted by atomic mass is 9.98. The summed E-state index contributed by atoms with van der Waals surface area (Å²) in [6.45, 7) is 7.86. The highest BCUT2D eigenvalue weighted by atomic mass is 16.1. The highest BCUT2D eigenvalue weighted by Crippen LogP contribution is 2.28. The molecule has 4 aromatic rings. The third kappa shape index (κ3) is 5.70. The Labute approximate surface area is 192 Å². The molecule has 0 radical (unpaired) electrons. The molecule has 0 atom stereocenters. The van der Waals surface area contributed by atoms with Gasteiger partial charge >= 0.3 is 0 Å². The van der Waals surface area contributed by atoms with Gasteiger partial charge in [-0.2, -0.15) is 0 Å². The summed E-state index contributed by atoms with van der Waals surface area (Å²) in [7, 11) is 0. The highest BCUT2D eigenvalue weighted by Gasteiger charge is 2.09. The zero-order valence-corrected chi connectivity index (χ0v) is 19.7. The molecular weight excluding hydrogens is 390 g/mol. The van der Waals surface area contributed by atoms with Crippen LogP contribution in [0, 0.1) is 0 Å². The number of hydrogen-bond acceptors (Lipinski definition) is 2. The topological polar surface area (TPSA) is 30.0 Å². The smallest absolute Gasteiger partial charge is 0.134 e. The summed E-state index contributed by atoms with van der Waals surface area (Å²) in [6, 6.07) is 27.5. The van der Waals surface area contributed by atoms with Gasteiger partial charge in [0.05, 0.1) is 11.2 Å². The minimum absolute atomic E-state index is 0.162. The predicted molar refractivity (Wildman–Crippen MR) is 137 cm³/mol. The summed E-state index contributed by atoms with van der Waals surface area (Å²) in [5.74, 6) is 0.162. The molecule has 164 valence electrons. The molecule has 1 aromatic heterocycles. The molecule has 32 heavy (non-hydrogen) atoms. The average molecular weight is 424 g/mol. The van der Waals surface area contributed by atoms with E-state index >= 15 is 0 Å². The van der Waals surface area contributed by atoms with Gasteiger partial charge in [-0.15, -0.1) is 0 Å². The number of unbranched alkanes of at least 4 members (excludes halogenated alkanes) is 1. The van der Waals surface area contributed by atoms with Crippen LogP contribution in [0.2, 0.25) is 0 Å². The second-order valence-corrected chi connectivity index (χ2v) is 7.94. The number of carbonyl (C=O) groups excluding carboxylic acids is 1. The molecule has 0 saturated heterocycles. The Kier molecular flexibility index (Phi) is 8.33. The second kappa shape index (κ2) is 11.4. The van der Waals surface area contributed by atoms with Gasteiger partial charge in [-0.3, -0.25) is 4.79 Å². The summed E-state index contributed by atoms with van der Waals surface area (Å²) < 4.78 is 0. The predicted octanol–water partition coefficient (Wildman–Crippen LogP) is 8.07. The van der Waals surface area contributed by atoms with Gasteiger partial charge in [-0.05, 0) is 54.2 Å². The molecule has 2 heteroatoms. The molecule has 1 heterocycles. The molecule has 0 bridgehead atoms. The molecule has 0 amide bonds. The standard InChI is InChI=1S/C28H27NO.C2H6/c1-3-4-7-21-10-12-22(13-11-21)23-14-16-24(17-15-23)28-19-25(18-20(2)30)26-8-5-6-9-27(26)29-28;1-2/h5-6,8-17,19H,3-4,7,18H2,1-2H3;1-2H3. The molecule has 0 aliphatic carbocycles. The van der Waals surface area contributed by atoms with E-state index in [1.165, 1.54) is 29.5 Å². The lowest BCUT2D eigenvalue weighted by Crippen LogP contribution is -1.99. The van der Waals surface area contributed by atoms with Crippen LogP contribution in [0.4, 0.5) is 0 Å². The number of fused-ring (bicyclic) bond motifs is 1. The SMILES string of the molecule is CC.CCCCc1ccc(-c2ccc(-c3cc(CC(C)=O)c4ccccc4n3)cc2)cc1. The molecular formula is C30H33NO. The maximum Gasteiger partial charge on any atom is 0.134 e. The molecule has 0 aliphatic rings. The van der Waals surface area contributed by atoms with Gasteiger partial charge < -0.3 is 0 Å². The monoisotopic (exact) mass is 423 g/mol. The molecule has 0 unspecified atom stereocenters. The fourth-order valence-corrected chi connectivity index (χ4v) is 3.89. The Balaban J connectivity index is 0.00000141. The molecule has 4 rings (SSSR count). The van der Waals surface area contributed by atoms with Crippen LogP contribution in [-0.2, 0) is 17.6 Å². The molecule has 2 nitrogen and oxygen atoms in total. The third-order valence-corrected chi connectivity index (χ3v) is 5.53. The maximum absolute atomic E-state index is 11.8. The van der Waals surface area contributed by atoms with Crippen LogP contribution < -0.4 is 0 Å². The number of rotatable bonds is 7. The third-order valence-electron chi connectivity index (χ3n) is 5.53. The summed E-state index contributed by atoms with van der Waals surface area (Å²) in [6.07, 6.45) is 4.03. The minimum atomic E-state index is 0.162. The first-order valence-corrected chi connectivity index (χ1v) is 11.7. The van der Waals surface area contributed by atoms with Crippen LogP contribution in [0.5, 0.6) is 0 Å². The van der Waals surface area contributed by atoms with Crippen LogP contribution in [0.25, 0.3) is 33.3 Å². The van der Waals surface area contributed by atoms with Crippen LogP contribution >= 0.6 is 0 Å². The minimum Gasteiger partial charge on any atom is -0.300 e. The fraction of sp³-hybridized carbons (Fsp3) is 0.267. The number of benzene rings is 3. The van der Waals surface area contributed by atoms with Gasteiger partial charge in [-0.25, -0.2) is 4.98 Å². The number of aryl methyl sites for hydroxylation is 1. The Hall–Kier alpha value is -3.26. The van der Waals surface area contributed by atoms with Crippen molar-refractivity contribution in [2.75, 3.05) is 0 Å². The van der Waals surface area contributed by atoms with E-state index in [2.05, 4.69) is 61.5 Å². The van der Waals surface area contributed by atoms with Crippen molar-refractivity contribution in [2.45, 2.75) is 53.4 Å². The summed E-state index contributed by atoms with van der Waals surface area (Å²) in [5.41, 5.74) is 7.76. The Morgan fingerprint density at radius 2 is 1.41 bits per heavy atom. The molecule has 3 aromatic carbocycles. The van der Waals surface area contributed by atoms with E-state index in [1.807, 2.05) is 38.1 Å². The van der Waals surface area contributed by atoms with Crippen molar-refractivity contribution in [3.8, 4) is 22.4 Å². The fourth-order valence-electron chi connectivity index (χ4n) is 3.89. The van der Waals surface area contributed by atoms with E-state index in [4.69, 9.17) is 4.98 Å². The van der Waals surface area contributed by atoms with Crippen molar-refractivity contribution in [1.82, 2.24) is 4.98 Å². The number of ketones is 1. The zero-order valence-electron chi connectivity index (χ0n) is 19.7. The van der Waals surface area contributed by atoms with Crippen LogP contribution in [-0.4, -0.2) is 10.8 Å². The maximum atomic E-state index is 11.8. The summed E-state index contributed by atoms with van der Waals surface area (Å²) in [5, 5.41) is 1.05. The molecule has 0 aliphatic heterocycles. The van der Waals surface area contributed by atoms with Gasteiger partial charge in [0.2, 0.25) is 0 Å². The van der Waals surface area contributed by atoms with Gasteiger partial charge in [0, 0.05) is 17.4 Å². The van der Waals surface area contributed by atoms with E-state index in [0.29, 0.717) is 6.42 Å². The second-order valence-electron chi connectivity index (χ2n) is 7.94. The van der Waals surface area contributed by atoms with Crippen molar-refractivity contribution in [1.29, 1.82) is 0 Å². The quantitative estimate of drug-likeness (QED) is 0.301. The summed E-state index contributed by atoms with van der Waals surface area (Å²) >= 11 is 0. The molecule has 0 fully saturated rings. The van der Waals surface area contributed by atoms with Crippen molar-refractivity contribution in [3.63, 3.8) is 0 Å². The lowest BCUT2D eigenvalue weighted by molar-refractivity contribution is -0.116. The molecule has 0 spiro atoms. The number of aromatic nitrogens is 1. The zero-order chi connectivity index (χ0) is 22.9. The Morgan fingerprint density at radius 1 is 0.812 bits per heavy atom. The van der Waals surface area contributed by atoms with Gasteiger partial charge in [0.25, 0.3) is 0 Å². The number of carbonyl (C=O) groups is 1. The van der Waals surface area contributed by atoms with E-state index in [0.717, 1.165) is 34.1 Å². The van der Waals surface area contributed by atoms with Crippen LogP contribution in [0.3, 0.4) is 0 Å². The van der Waals surface area contributed by atoms with E-state index < -0.39 is 0 Å². The Morgan fingerprint density at radius 3 is 2.03 bits per heavy atom. The van der Waals surface area contributed by atoms with Crippen LogP contribution in [0.15, 0.2) is 78.9 Å². The number of Topliss-reactive ketones (excluding diaryl/α,β-unsaturated/α-hetero) is 1. The molecule has 0 saturated carbocycles. The van der Waals surface area contributed by atoms with E-state index in [9.17, 15) is 4.79 Å². The average Bonchev–Trinajstić information content (AvgIpc) is 2.84. The number of pyridine rings is 1. The highest BCUT2D eigenvalue weighted by molar-refractivity contribution is 5.90. The lowest BCUT2D eigenvalue weighted by Gasteiger charge is -2.10. The van der Waals surface area contributed by atoms with Gasteiger partial charge in [0.15, 0.2) is 0 Å². The number of hydrogen-bond donors (Lipinski definition) is 0. The van der Waals surface area contributed by atoms with E-state index in [-0.39, 0.29) is 5.78 Å².